The van der Waals surface area contributed by atoms with Gasteiger partial charge in [-0.25, -0.2) is 14.8 Å². The van der Waals surface area contributed by atoms with Crippen LogP contribution in [0.5, 0.6) is 0 Å². The summed E-state index contributed by atoms with van der Waals surface area (Å²) in [4.78, 5) is 25.6. The van der Waals surface area contributed by atoms with E-state index in [2.05, 4.69) is 21.3 Å². The van der Waals surface area contributed by atoms with Crippen LogP contribution in [0.3, 0.4) is 0 Å². The molecule has 24 heavy (non-hydrogen) atoms. The van der Waals surface area contributed by atoms with Gasteiger partial charge < -0.3 is 10.2 Å². The van der Waals surface area contributed by atoms with E-state index in [9.17, 15) is 4.79 Å². The molecule has 0 radical (unpaired) electrons. The smallest absolute Gasteiger partial charge is 0.317 e. The Morgan fingerprint density at radius 3 is 2.71 bits per heavy atom. The van der Waals surface area contributed by atoms with Crippen molar-refractivity contribution >= 4 is 16.9 Å². The first-order valence-corrected chi connectivity index (χ1v) is 8.70. The van der Waals surface area contributed by atoms with Gasteiger partial charge in [-0.05, 0) is 25.8 Å². The quantitative estimate of drug-likeness (QED) is 0.937. The average Bonchev–Trinajstić information content (AvgIpc) is 3.02. The number of fused-ring (bicyclic) bond motifs is 1. The lowest BCUT2D eigenvalue weighted by Crippen LogP contribution is -2.46. The van der Waals surface area contributed by atoms with Crippen LogP contribution in [0.25, 0.3) is 10.9 Å². The predicted molar refractivity (Wildman–Crippen MR) is 92.7 cm³/mol. The summed E-state index contributed by atoms with van der Waals surface area (Å²) in [5, 5.41) is 4.02. The number of para-hydroxylation sites is 1. The first kappa shape index (κ1) is 15.3. The second kappa shape index (κ2) is 6.36. The normalized spacial score (nSPS) is 19.9. The molecule has 2 aromatic rings. The van der Waals surface area contributed by atoms with Crippen molar-refractivity contribution in [1.82, 2.24) is 25.1 Å². The van der Waals surface area contributed by atoms with Crippen LogP contribution in [0.1, 0.15) is 24.4 Å². The maximum atomic E-state index is 11.8. The standard InChI is InChI=1S/C18H23N5O/c1-13-15-4-2-3-5-16(15)21-17(20-13)12-22-9-6-14(7-10-22)23-11-8-19-18(23)24/h2-5,14H,6-12H2,1H3,(H,19,24). The number of carbonyl (C=O) groups excluding carboxylic acids is 1. The van der Waals surface area contributed by atoms with E-state index in [4.69, 9.17) is 4.98 Å². The molecule has 0 bridgehead atoms. The van der Waals surface area contributed by atoms with E-state index in [-0.39, 0.29) is 6.03 Å². The van der Waals surface area contributed by atoms with Crippen LogP contribution in [0.2, 0.25) is 0 Å². The molecule has 2 aliphatic rings. The molecule has 0 spiro atoms. The fourth-order valence-electron chi connectivity index (χ4n) is 3.79. The number of piperidine rings is 1. The number of aromatic nitrogens is 2. The highest BCUT2D eigenvalue weighted by Crippen LogP contribution is 2.20. The van der Waals surface area contributed by atoms with Crippen molar-refractivity contribution in [3.8, 4) is 0 Å². The predicted octanol–water partition coefficient (Wildman–Crippen LogP) is 1.93. The number of aryl methyl sites for hydroxylation is 1. The molecule has 2 aliphatic heterocycles. The third kappa shape index (κ3) is 2.94. The summed E-state index contributed by atoms with van der Waals surface area (Å²) in [7, 11) is 0. The van der Waals surface area contributed by atoms with Gasteiger partial charge in [-0.3, -0.25) is 4.90 Å². The number of benzene rings is 1. The van der Waals surface area contributed by atoms with Gasteiger partial charge in [0.2, 0.25) is 0 Å². The summed E-state index contributed by atoms with van der Waals surface area (Å²) in [5.41, 5.74) is 2.06. The molecule has 2 saturated heterocycles. The number of nitrogens with one attached hydrogen (secondary N) is 1. The van der Waals surface area contributed by atoms with Gasteiger partial charge in [0.1, 0.15) is 5.82 Å². The summed E-state index contributed by atoms with van der Waals surface area (Å²) in [6, 6.07) is 8.64. The van der Waals surface area contributed by atoms with E-state index in [1.165, 1.54) is 0 Å². The maximum Gasteiger partial charge on any atom is 0.317 e. The molecule has 3 heterocycles. The van der Waals surface area contributed by atoms with Gasteiger partial charge in [-0.2, -0.15) is 0 Å². The number of rotatable bonds is 3. The Hall–Kier alpha value is -2.21. The van der Waals surface area contributed by atoms with Gasteiger partial charge in [-0.15, -0.1) is 0 Å². The third-order valence-corrected chi connectivity index (χ3v) is 5.09. The van der Waals surface area contributed by atoms with Crippen molar-refractivity contribution in [2.45, 2.75) is 32.4 Å². The summed E-state index contributed by atoms with van der Waals surface area (Å²) in [6.07, 6.45) is 2.06. The van der Waals surface area contributed by atoms with Crippen LogP contribution in [0, 0.1) is 6.92 Å². The van der Waals surface area contributed by atoms with Crippen molar-refractivity contribution < 1.29 is 4.79 Å². The number of hydrogen-bond donors (Lipinski definition) is 1. The van der Waals surface area contributed by atoms with Gasteiger partial charge in [0.05, 0.1) is 12.1 Å². The lowest BCUT2D eigenvalue weighted by molar-refractivity contribution is 0.130. The molecule has 6 heteroatoms. The van der Waals surface area contributed by atoms with E-state index in [0.29, 0.717) is 6.04 Å². The maximum absolute atomic E-state index is 11.8. The number of likely N-dealkylation sites (tertiary alicyclic amines) is 1. The van der Waals surface area contributed by atoms with E-state index < -0.39 is 0 Å². The molecule has 0 unspecified atom stereocenters. The van der Waals surface area contributed by atoms with E-state index in [1.807, 2.05) is 30.0 Å². The number of hydrogen-bond acceptors (Lipinski definition) is 4. The van der Waals surface area contributed by atoms with Gasteiger partial charge >= 0.3 is 6.03 Å². The highest BCUT2D eigenvalue weighted by molar-refractivity contribution is 5.80. The second-order valence-corrected chi connectivity index (χ2v) is 6.68. The van der Waals surface area contributed by atoms with Crippen LogP contribution in [0.15, 0.2) is 24.3 Å². The molecule has 6 nitrogen and oxygen atoms in total. The lowest BCUT2D eigenvalue weighted by atomic mass is 10.0. The number of nitrogens with zero attached hydrogens (tertiary/aromatic N) is 4. The zero-order chi connectivity index (χ0) is 16.5. The zero-order valence-electron chi connectivity index (χ0n) is 14.0. The van der Waals surface area contributed by atoms with Crippen LogP contribution in [0.4, 0.5) is 4.79 Å². The molecule has 1 aromatic heterocycles. The van der Waals surface area contributed by atoms with Crippen molar-refractivity contribution in [1.29, 1.82) is 0 Å². The van der Waals surface area contributed by atoms with Gasteiger partial charge in [0, 0.05) is 43.3 Å². The first-order valence-electron chi connectivity index (χ1n) is 8.70. The molecule has 126 valence electrons. The summed E-state index contributed by atoms with van der Waals surface area (Å²) in [5.74, 6) is 0.892. The Morgan fingerprint density at radius 1 is 1.17 bits per heavy atom. The largest absolute Gasteiger partial charge is 0.336 e. The number of urea groups is 1. The van der Waals surface area contributed by atoms with E-state index in [0.717, 1.165) is 68.0 Å². The Morgan fingerprint density at radius 2 is 1.96 bits per heavy atom. The van der Waals surface area contributed by atoms with Crippen molar-refractivity contribution in [2.75, 3.05) is 26.2 Å². The Kier molecular flexibility index (Phi) is 4.06. The molecule has 1 N–H and O–H groups in total. The minimum absolute atomic E-state index is 0.0990. The second-order valence-electron chi connectivity index (χ2n) is 6.68. The molecule has 0 aliphatic carbocycles. The van der Waals surface area contributed by atoms with E-state index >= 15 is 0 Å². The molecular weight excluding hydrogens is 302 g/mol. The lowest BCUT2D eigenvalue weighted by Gasteiger charge is -2.35. The van der Waals surface area contributed by atoms with Gasteiger partial charge in [0.15, 0.2) is 0 Å². The van der Waals surface area contributed by atoms with Crippen molar-refractivity contribution in [2.24, 2.45) is 0 Å². The number of amides is 2. The minimum atomic E-state index is 0.0990. The molecule has 2 amide bonds. The molecule has 4 rings (SSSR count). The Balaban J connectivity index is 1.41. The SMILES string of the molecule is Cc1nc(CN2CCC(N3CCNC3=O)CC2)nc2ccccc12. The summed E-state index contributed by atoms with van der Waals surface area (Å²) in [6.45, 7) is 6.43. The van der Waals surface area contributed by atoms with Crippen LogP contribution < -0.4 is 5.32 Å². The topological polar surface area (TPSA) is 61.4 Å². The fraction of sp³-hybridized carbons (Fsp3) is 0.500. The third-order valence-electron chi connectivity index (χ3n) is 5.09. The molecular formula is C18H23N5O. The van der Waals surface area contributed by atoms with Crippen LogP contribution in [-0.2, 0) is 6.54 Å². The minimum Gasteiger partial charge on any atom is -0.336 e. The molecule has 0 saturated carbocycles. The molecule has 0 atom stereocenters. The highest BCUT2D eigenvalue weighted by Gasteiger charge is 2.30. The first-order chi connectivity index (χ1) is 11.7. The Bertz CT molecular complexity index is 754. The number of carbonyl (C=O) groups is 1. The zero-order valence-corrected chi connectivity index (χ0v) is 14.0. The molecule has 2 fully saturated rings. The van der Waals surface area contributed by atoms with Crippen molar-refractivity contribution in [3.63, 3.8) is 0 Å². The van der Waals surface area contributed by atoms with Crippen LogP contribution in [-0.4, -0.2) is 58.0 Å². The Labute approximate surface area is 141 Å². The summed E-state index contributed by atoms with van der Waals surface area (Å²) >= 11 is 0. The van der Waals surface area contributed by atoms with Gasteiger partial charge in [-0.1, -0.05) is 18.2 Å². The van der Waals surface area contributed by atoms with Gasteiger partial charge in [0.25, 0.3) is 0 Å². The highest BCUT2D eigenvalue weighted by atomic mass is 16.2. The monoisotopic (exact) mass is 325 g/mol. The van der Waals surface area contributed by atoms with Crippen LogP contribution >= 0.6 is 0 Å². The summed E-state index contributed by atoms with van der Waals surface area (Å²) < 4.78 is 0. The van der Waals surface area contributed by atoms with E-state index in [1.54, 1.807) is 0 Å². The average molecular weight is 325 g/mol. The fourth-order valence-corrected chi connectivity index (χ4v) is 3.79. The molecule has 1 aromatic carbocycles. The van der Waals surface area contributed by atoms with Crippen molar-refractivity contribution in [3.05, 3.63) is 35.8 Å².